The van der Waals surface area contributed by atoms with Gasteiger partial charge in [0.1, 0.15) is 0 Å². The van der Waals surface area contributed by atoms with Gasteiger partial charge in [0.2, 0.25) is 0 Å². The predicted octanol–water partition coefficient (Wildman–Crippen LogP) is 2.15. The summed E-state index contributed by atoms with van der Waals surface area (Å²) in [4.78, 5) is 11.2. The molecule has 1 aliphatic carbocycles. The molecule has 1 fully saturated rings. The van der Waals surface area contributed by atoms with E-state index in [1.54, 1.807) is 31.2 Å². The fourth-order valence-corrected chi connectivity index (χ4v) is 3.38. The number of aliphatic carboxylic acids is 1. The fraction of sp³-hybridized carbons (Fsp3) is 0.500. The monoisotopic (exact) mass is 297 g/mol. The summed E-state index contributed by atoms with van der Waals surface area (Å²) in [5.74, 6) is -0.922. The molecular weight excluding hydrogens is 278 g/mol. The Bertz CT molecular complexity index is 580. The second-order valence-electron chi connectivity index (χ2n) is 5.12. The van der Waals surface area contributed by atoms with E-state index in [0.29, 0.717) is 17.7 Å². The van der Waals surface area contributed by atoms with Crippen LogP contribution in [-0.4, -0.2) is 31.3 Å². The lowest BCUT2D eigenvalue weighted by molar-refractivity contribution is -0.141. The van der Waals surface area contributed by atoms with Crippen LogP contribution in [0.15, 0.2) is 29.2 Å². The number of benzene rings is 1. The van der Waals surface area contributed by atoms with Crippen molar-refractivity contribution in [3.05, 3.63) is 24.3 Å². The average Bonchev–Trinajstić information content (AvgIpc) is 2.88. The lowest BCUT2D eigenvalue weighted by atomic mass is 10.1. The number of carbonyl (C=O) groups is 1. The maximum absolute atomic E-state index is 11.7. The van der Waals surface area contributed by atoms with Crippen molar-refractivity contribution in [2.75, 3.05) is 11.1 Å². The molecule has 2 N–H and O–H groups in total. The summed E-state index contributed by atoms with van der Waals surface area (Å²) in [5.41, 5.74) is 0.830. The molecule has 1 saturated carbocycles. The summed E-state index contributed by atoms with van der Waals surface area (Å²) in [6.07, 6.45) is 2.13. The van der Waals surface area contributed by atoms with Crippen LogP contribution in [-0.2, 0) is 14.6 Å². The van der Waals surface area contributed by atoms with Gasteiger partial charge in [-0.1, -0.05) is 6.92 Å². The SMILES string of the molecule is CCS(=O)(=O)c1ccc(NC2CCC(C(=O)O)C2)cc1. The number of anilines is 1. The molecule has 1 aromatic rings. The number of hydrogen-bond donors (Lipinski definition) is 2. The molecule has 110 valence electrons. The lowest BCUT2D eigenvalue weighted by Gasteiger charge is -2.14. The van der Waals surface area contributed by atoms with Crippen LogP contribution in [0.4, 0.5) is 5.69 Å². The summed E-state index contributed by atoms with van der Waals surface area (Å²) in [6.45, 7) is 1.62. The highest BCUT2D eigenvalue weighted by Crippen LogP contribution is 2.28. The van der Waals surface area contributed by atoms with E-state index >= 15 is 0 Å². The van der Waals surface area contributed by atoms with E-state index < -0.39 is 15.8 Å². The largest absolute Gasteiger partial charge is 0.481 e. The Balaban J connectivity index is 2.00. The first-order chi connectivity index (χ1) is 9.42. The zero-order valence-electron chi connectivity index (χ0n) is 11.4. The van der Waals surface area contributed by atoms with E-state index in [1.165, 1.54) is 0 Å². The first-order valence-electron chi connectivity index (χ1n) is 6.74. The van der Waals surface area contributed by atoms with Crippen LogP contribution in [0.25, 0.3) is 0 Å². The van der Waals surface area contributed by atoms with Gasteiger partial charge in [-0.05, 0) is 43.5 Å². The van der Waals surface area contributed by atoms with Gasteiger partial charge < -0.3 is 10.4 Å². The maximum atomic E-state index is 11.7. The van der Waals surface area contributed by atoms with Crippen LogP contribution >= 0.6 is 0 Å². The van der Waals surface area contributed by atoms with Crippen LogP contribution in [0.3, 0.4) is 0 Å². The topological polar surface area (TPSA) is 83.5 Å². The van der Waals surface area contributed by atoms with Crippen LogP contribution < -0.4 is 5.32 Å². The molecule has 5 nitrogen and oxygen atoms in total. The molecule has 2 atom stereocenters. The summed E-state index contributed by atoms with van der Waals surface area (Å²) in [6, 6.07) is 6.79. The third-order valence-electron chi connectivity index (χ3n) is 3.75. The standard InChI is InChI=1S/C14H19NO4S/c1-2-20(18,19)13-7-5-11(6-8-13)15-12-4-3-10(9-12)14(16)17/h5-8,10,12,15H,2-4,9H2,1H3,(H,16,17). The Morgan fingerprint density at radius 1 is 1.30 bits per heavy atom. The molecule has 1 aromatic carbocycles. The molecule has 20 heavy (non-hydrogen) atoms. The van der Waals surface area contributed by atoms with Gasteiger partial charge in [-0.25, -0.2) is 8.42 Å². The average molecular weight is 297 g/mol. The quantitative estimate of drug-likeness (QED) is 0.870. The van der Waals surface area contributed by atoms with Gasteiger partial charge in [-0.2, -0.15) is 0 Å². The van der Waals surface area contributed by atoms with E-state index in [4.69, 9.17) is 5.11 Å². The molecule has 1 aliphatic rings. The molecule has 0 amide bonds. The van der Waals surface area contributed by atoms with E-state index in [-0.39, 0.29) is 17.7 Å². The zero-order chi connectivity index (χ0) is 14.8. The van der Waals surface area contributed by atoms with Crippen molar-refractivity contribution in [1.29, 1.82) is 0 Å². The molecule has 0 bridgehead atoms. The highest BCUT2D eigenvalue weighted by atomic mass is 32.2. The van der Waals surface area contributed by atoms with Gasteiger partial charge in [-0.15, -0.1) is 0 Å². The van der Waals surface area contributed by atoms with Crippen LogP contribution in [0, 0.1) is 5.92 Å². The van der Waals surface area contributed by atoms with Crippen LogP contribution in [0.1, 0.15) is 26.2 Å². The van der Waals surface area contributed by atoms with Gasteiger partial charge in [0.25, 0.3) is 0 Å². The number of nitrogens with one attached hydrogen (secondary N) is 1. The molecule has 0 aliphatic heterocycles. The van der Waals surface area contributed by atoms with Crippen molar-refractivity contribution in [3.63, 3.8) is 0 Å². The van der Waals surface area contributed by atoms with Crippen molar-refractivity contribution < 1.29 is 18.3 Å². The van der Waals surface area contributed by atoms with Gasteiger partial charge in [0.15, 0.2) is 9.84 Å². The normalized spacial score (nSPS) is 22.6. The molecule has 6 heteroatoms. The second-order valence-corrected chi connectivity index (χ2v) is 7.40. The predicted molar refractivity (Wildman–Crippen MR) is 76.6 cm³/mol. The zero-order valence-corrected chi connectivity index (χ0v) is 12.2. The Morgan fingerprint density at radius 3 is 2.45 bits per heavy atom. The van der Waals surface area contributed by atoms with E-state index in [0.717, 1.165) is 12.1 Å². The van der Waals surface area contributed by atoms with Crippen LogP contribution in [0.5, 0.6) is 0 Å². The Hall–Kier alpha value is -1.56. The number of rotatable bonds is 5. The summed E-state index contributed by atoms with van der Waals surface area (Å²) in [7, 11) is -3.17. The summed E-state index contributed by atoms with van der Waals surface area (Å²) in [5, 5.41) is 12.2. The highest BCUT2D eigenvalue weighted by Gasteiger charge is 2.29. The smallest absolute Gasteiger partial charge is 0.306 e. The molecule has 0 aromatic heterocycles. The Kier molecular flexibility index (Phi) is 4.32. The highest BCUT2D eigenvalue weighted by molar-refractivity contribution is 7.91. The van der Waals surface area contributed by atoms with Crippen molar-refractivity contribution in [1.82, 2.24) is 0 Å². The van der Waals surface area contributed by atoms with Crippen molar-refractivity contribution in [2.24, 2.45) is 5.92 Å². The van der Waals surface area contributed by atoms with Crippen molar-refractivity contribution in [3.8, 4) is 0 Å². The molecule has 2 unspecified atom stereocenters. The van der Waals surface area contributed by atoms with E-state index in [2.05, 4.69) is 5.32 Å². The lowest BCUT2D eigenvalue weighted by Crippen LogP contribution is -2.17. The minimum absolute atomic E-state index is 0.0860. The first-order valence-corrected chi connectivity index (χ1v) is 8.39. The van der Waals surface area contributed by atoms with Crippen LogP contribution in [0.2, 0.25) is 0 Å². The molecule has 0 radical (unpaired) electrons. The van der Waals surface area contributed by atoms with E-state index in [9.17, 15) is 13.2 Å². The number of carboxylic acids is 1. The van der Waals surface area contributed by atoms with Gasteiger partial charge >= 0.3 is 5.97 Å². The first kappa shape index (κ1) is 14.8. The minimum Gasteiger partial charge on any atom is -0.481 e. The maximum Gasteiger partial charge on any atom is 0.306 e. The molecule has 0 heterocycles. The second kappa shape index (κ2) is 5.83. The van der Waals surface area contributed by atoms with Gasteiger partial charge in [-0.3, -0.25) is 4.79 Å². The molecule has 2 rings (SSSR count). The minimum atomic E-state index is -3.17. The third-order valence-corrected chi connectivity index (χ3v) is 5.50. The Morgan fingerprint density at radius 2 is 1.95 bits per heavy atom. The summed E-state index contributed by atoms with van der Waals surface area (Å²) >= 11 is 0. The van der Waals surface area contributed by atoms with Crippen molar-refractivity contribution >= 4 is 21.5 Å². The number of hydrogen-bond acceptors (Lipinski definition) is 4. The Labute approximate surface area is 118 Å². The van der Waals surface area contributed by atoms with Gasteiger partial charge in [0, 0.05) is 11.7 Å². The van der Waals surface area contributed by atoms with Gasteiger partial charge in [0.05, 0.1) is 16.6 Å². The number of carboxylic acid groups (broad SMARTS) is 1. The number of sulfone groups is 1. The van der Waals surface area contributed by atoms with Crippen molar-refractivity contribution in [2.45, 2.75) is 37.1 Å². The fourth-order valence-electron chi connectivity index (χ4n) is 2.50. The molecule has 0 spiro atoms. The third kappa shape index (κ3) is 3.30. The molecular formula is C14H19NO4S. The molecule has 0 saturated heterocycles. The summed E-state index contributed by atoms with van der Waals surface area (Å²) < 4.78 is 23.4. The van der Waals surface area contributed by atoms with E-state index in [1.807, 2.05) is 0 Å².